The first kappa shape index (κ1) is 16.9. The van der Waals surface area contributed by atoms with Gasteiger partial charge >= 0.3 is 0 Å². The number of hydrogen-bond acceptors (Lipinski definition) is 3. The molecular weight excluding hydrogens is 346 g/mol. The molecule has 26 heavy (non-hydrogen) atoms. The summed E-state index contributed by atoms with van der Waals surface area (Å²) >= 11 is 6.08. The van der Waals surface area contributed by atoms with Crippen LogP contribution in [0.1, 0.15) is 5.56 Å². The first-order chi connectivity index (χ1) is 12.7. The van der Waals surface area contributed by atoms with Crippen molar-refractivity contribution in [3.05, 3.63) is 71.4 Å². The standard InChI is InChI=1S/C21H20ClN3O/c22-17-6-7-18-19(15-17)23-9-8-20(18)24-10-12-25(13-11-24)21(26)14-16-4-2-1-3-5-16/h1-9,15H,10-14H2. The zero-order valence-corrected chi connectivity index (χ0v) is 15.2. The molecule has 1 aliphatic rings. The summed E-state index contributed by atoms with van der Waals surface area (Å²) in [5, 5.41) is 1.79. The van der Waals surface area contributed by atoms with Gasteiger partial charge in [0.05, 0.1) is 11.9 Å². The van der Waals surface area contributed by atoms with E-state index in [0.29, 0.717) is 11.4 Å². The fourth-order valence-electron chi connectivity index (χ4n) is 3.46. The summed E-state index contributed by atoms with van der Waals surface area (Å²) in [6.07, 6.45) is 2.29. The average molecular weight is 366 g/mol. The fourth-order valence-corrected chi connectivity index (χ4v) is 3.63. The number of anilines is 1. The zero-order valence-electron chi connectivity index (χ0n) is 14.4. The number of carbonyl (C=O) groups is 1. The Morgan fingerprint density at radius 1 is 1.00 bits per heavy atom. The molecule has 0 unspecified atom stereocenters. The van der Waals surface area contributed by atoms with Crippen molar-refractivity contribution in [3.63, 3.8) is 0 Å². The minimum absolute atomic E-state index is 0.196. The molecule has 0 saturated carbocycles. The molecule has 1 aromatic heterocycles. The van der Waals surface area contributed by atoms with Gasteiger partial charge in [0.2, 0.25) is 5.91 Å². The zero-order chi connectivity index (χ0) is 17.9. The molecule has 132 valence electrons. The molecule has 4 nitrogen and oxygen atoms in total. The van der Waals surface area contributed by atoms with Gasteiger partial charge in [-0.1, -0.05) is 41.9 Å². The molecule has 1 saturated heterocycles. The van der Waals surface area contributed by atoms with E-state index in [9.17, 15) is 4.79 Å². The first-order valence-electron chi connectivity index (χ1n) is 8.81. The highest BCUT2D eigenvalue weighted by molar-refractivity contribution is 6.31. The largest absolute Gasteiger partial charge is 0.367 e. The van der Waals surface area contributed by atoms with Gasteiger partial charge < -0.3 is 9.80 Å². The summed E-state index contributed by atoms with van der Waals surface area (Å²) < 4.78 is 0. The van der Waals surface area contributed by atoms with Gasteiger partial charge in [-0.2, -0.15) is 0 Å². The summed E-state index contributed by atoms with van der Waals surface area (Å²) in [5.74, 6) is 0.196. The molecule has 3 aromatic rings. The number of hydrogen-bond donors (Lipinski definition) is 0. The van der Waals surface area contributed by atoms with Gasteiger partial charge in [-0.15, -0.1) is 0 Å². The van der Waals surface area contributed by atoms with Crippen LogP contribution < -0.4 is 4.90 Å². The smallest absolute Gasteiger partial charge is 0.227 e. The number of piperazine rings is 1. The third kappa shape index (κ3) is 3.51. The lowest BCUT2D eigenvalue weighted by Gasteiger charge is -2.36. The van der Waals surface area contributed by atoms with Gasteiger partial charge in [0.25, 0.3) is 0 Å². The first-order valence-corrected chi connectivity index (χ1v) is 9.19. The highest BCUT2D eigenvalue weighted by Gasteiger charge is 2.22. The number of carbonyl (C=O) groups excluding carboxylic acids is 1. The Morgan fingerprint density at radius 3 is 2.54 bits per heavy atom. The number of amides is 1. The summed E-state index contributed by atoms with van der Waals surface area (Å²) in [4.78, 5) is 21.2. The Hall–Kier alpha value is -2.59. The van der Waals surface area contributed by atoms with Crippen LogP contribution in [0.2, 0.25) is 5.02 Å². The Bertz CT molecular complexity index is 921. The van der Waals surface area contributed by atoms with E-state index in [0.717, 1.165) is 48.3 Å². The fraction of sp³-hybridized carbons (Fsp3) is 0.238. The maximum atomic E-state index is 12.5. The average Bonchev–Trinajstić information content (AvgIpc) is 2.68. The second-order valence-corrected chi connectivity index (χ2v) is 6.96. The van der Waals surface area contributed by atoms with Crippen LogP contribution in [0.5, 0.6) is 0 Å². The van der Waals surface area contributed by atoms with Gasteiger partial charge in [0.15, 0.2) is 0 Å². The van der Waals surface area contributed by atoms with Gasteiger partial charge in [0.1, 0.15) is 0 Å². The Labute approximate surface area is 158 Å². The third-order valence-electron chi connectivity index (χ3n) is 4.85. The third-order valence-corrected chi connectivity index (χ3v) is 5.09. The summed E-state index contributed by atoms with van der Waals surface area (Å²) in [6, 6.07) is 17.8. The minimum atomic E-state index is 0.196. The van der Waals surface area contributed by atoms with Crippen LogP contribution in [0, 0.1) is 0 Å². The molecule has 0 bridgehead atoms. The van der Waals surface area contributed by atoms with Gasteiger partial charge in [-0.25, -0.2) is 0 Å². The lowest BCUT2D eigenvalue weighted by molar-refractivity contribution is -0.130. The van der Waals surface area contributed by atoms with E-state index < -0.39 is 0 Å². The molecule has 0 aliphatic carbocycles. The van der Waals surface area contributed by atoms with E-state index in [1.165, 1.54) is 0 Å². The minimum Gasteiger partial charge on any atom is -0.367 e. The number of rotatable bonds is 3. The SMILES string of the molecule is O=C(Cc1ccccc1)N1CCN(c2ccnc3cc(Cl)ccc23)CC1. The van der Waals surface area contributed by atoms with Crippen molar-refractivity contribution >= 4 is 34.1 Å². The number of aromatic nitrogens is 1. The van der Waals surface area contributed by atoms with Crippen LogP contribution in [0.4, 0.5) is 5.69 Å². The van der Waals surface area contributed by atoms with Crippen molar-refractivity contribution < 1.29 is 4.79 Å². The number of benzene rings is 2. The van der Waals surface area contributed by atoms with Gasteiger partial charge in [0, 0.05) is 48.5 Å². The van der Waals surface area contributed by atoms with E-state index in [4.69, 9.17) is 11.6 Å². The second kappa shape index (κ2) is 7.34. The molecule has 1 aliphatic heterocycles. The molecule has 2 heterocycles. The maximum absolute atomic E-state index is 12.5. The normalized spacial score (nSPS) is 14.7. The topological polar surface area (TPSA) is 36.4 Å². The lowest BCUT2D eigenvalue weighted by Crippen LogP contribution is -2.49. The van der Waals surface area contributed by atoms with Gasteiger partial charge in [-0.05, 0) is 29.8 Å². The van der Waals surface area contributed by atoms with E-state index in [1.807, 2.05) is 65.7 Å². The Balaban J connectivity index is 1.45. The Morgan fingerprint density at radius 2 is 1.77 bits per heavy atom. The lowest BCUT2D eigenvalue weighted by atomic mass is 10.1. The van der Waals surface area contributed by atoms with Crippen molar-refractivity contribution in [3.8, 4) is 0 Å². The predicted molar refractivity (Wildman–Crippen MR) is 106 cm³/mol. The molecule has 0 spiro atoms. The van der Waals surface area contributed by atoms with Crippen LogP contribution in [0.3, 0.4) is 0 Å². The molecule has 4 rings (SSSR count). The second-order valence-electron chi connectivity index (χ2n) is 6.52. The number of pyridine rings is 1. The van der Waals surface area contributed by atoms with E-state index in [2.05, 4.69) is 9.88 Å². The van der Waals surface area contributed by atoms with Crippen molar-refractivity contribution in [1.82, 2.24) is 9.88 Å². The highest BCUT2D eigenvalue weighted by Crippen LogP contribution is 2.28. The van der Waals surface area contributed by atoms with Crippen LogP contribution in [-0.4, -0.2) is 42.0 Å². The molecule has 2 aromatic carbocycles. The number of fused-ring (bicyclic) bond motifs is 1. The summed E-state index contributed by atoms with van der Waals surface area (Å²) in [7, 11) is 0. The monoisotopic (exact) mass is 365 g/mol. The molecule has 0 radical (unpaired) electrons. The Kier molecular flexibility index (Phi) is 4.76. The van der Waals surface area contributed by atoms with Crippen LogP contribution >= 0.6 is 11.6 Å². The van der Waals surface area contributed by atoms with Crippen molar-refractivity contribution in [2.75, 3.05) is 31.1 Å². The summed E-state index contributed by atoms with van der Waals surface area (Å²) in [6.45, 7) is 3.12. The molecular formula is C21H20ClN3O. The predicted octanol–water partition coefficient (Wildman–Crippen LogP) is 3.78. The van der Waals surface area contributed by atoms with Crippen molar-refractivity contribution in [1.29, 1.82) is 0 Å². The highest BCUT2D eigenvalue weighted by atomic mass is 35.5. The molecule has 0 atom stereocenters. The molecule has 1 amide bonds. The summed E-state index contributed by atoms with van der Waals surface area (Å²) in [5.41, 5.74) is 3.12. The van der Waals surface area contributed by atoms with E-state index in [1.54, 1.807) is 0 Å². The quantitative estimate of drug-likeness (QED) is 0.708. The molecule has 0 N–H and O–H groups in total. The van der Waals surface area contributed by atoms with Crippen LogP contribution in [0.15, 0.2) is 60.8 Å². The van der Waals surface area contributed by atoms with E-state index >= 15 is 0 Å². The number of halogens is 1. The van der Waals surface area contributed by atoms with Gasteiger partial charge in [-0.3, -0.25) is 9.78 Å². The van der Waals surface area contributed by atoms with Crippen LogP contribution in [0.25, 0.3) is 10.9 Å². The van der Waals surface area contributed by atoms with E-state index in [-0.39, 0.29) is 5.91 Å². The molecule has 1 fully saturated rings. The van der Waals surface area contributed by atoms with Crippen molar-refractivity contribution in [2.45, 2.75) is 6.42 Å². The maximum Gasteiger partial charge on any atom is 0.227 e. The van der Waals surface area contributed by atoms with Crippen molar-refractivity contribution in [2.24, 2.45) is 0 Å². The number of nitrogens with zero attached hydrogens (tertiary/aromatic N) is 3. The molecule has 5 heteroatoms. The van der Waals surface area contributed by atoms with Crippen LogP contribution in [-0.2, 0) is 11.2 Å².